The highest BCUT2D eigenvalue weighted by molar-refractivity contribution is 7.47. The van der Waals surface area contributed by atoms with E-state index in [0.29, 0.717) is 25.7 Å². The highest BCUT2D eigenvalue weighted by atomic mass is 31.2. The maximum atomic E-state index is 13.1. The zero-order valence-electron chi connectivity index (χ0n) is 62.3. The Bertz CT molecular complexity index is 2420. The van der Waals surface area contributed by atoms with Gasteiger partial charge in [0.1, 0.15) is 19.3 Å². The minimum atomic E-state index is -5.00. The summed E-state index contributed by atoms with van der Waals surface area (Å²) in [5, 5.41) is 10.6. The first-order valence-electron chi connectivity index (χ1n) is 38.4. The maximum Gasteiger partial charge on any atom is 0.472 e. The lowest BCUT2D eigenvalue weighted by molar-refractivity contribution is -0.161. The van der Waals surface area contributed by atoms with Gasteiger partial charge >= 0.3 is 39.5 Å². The molecule has 0 aromatic carbocycles. The van der Waals surface area contributed by atoms with E-state index in [1.807, 2.05) is 18.2 Å². The predicted octanol–water partition coefficient (Wildman–Crippen LogP) is 22.1. The van der Waals surface area contributed by atoms with Crippen molar-refractivity contribution in [2.75, 3.05) is 39.6 Å². The Hall–Kier alpha value is -4.80. The minimum Gasteiger partial charge on any atom is -0.462 e. The van der Waals surface area contributed by atoms with Gasteiger partial charge in [0.05, 0.1) is 32.8 Å². The molecule has 0 rings (SSSR count). The standard InChI is InChI=1S/C81H136O17P2/c1-5-9-13-17-21-25-29-33-35-36-37-38-40-44-46-50-54-58-62-66-79(84)92-72-77(98-81(86)68-64-60-56-52-48-42-32-28-24-20-16-12-8-4)74-96-100(89,90)94-70-75(82)69-93-99(87,88)95-73-76(97-80(85)67-63-59-55-51-47-41-31-27-23-19-15-11-7-3)71-91-78(83)65-61-57-53-49-45-43-39-34-30-26-22-18-14-10-6-2/h10,14,16,20-22,25-28,31-35,37-39,45,49,57,61,75-77,82H,5-9,11-13,15,17-19,23-24,29-30,36,40-44,46-48,50-56,58-60,62-74H2,1-4H3,(H,87,88)(H,89,90)/b14-10-,20-16-,25-21-,26-22-,31-27-,32-28-,35-33-,38-37-,39-34-,49-45-,61-57-. The Kier molecular flexibility index (Phi) is 69.1. The molecule has 0 aromatic heterocycles. The number of esters is 4. The van der Waals surface area contributed by atoms with E-state index in [1.54, 1.807) is 6.08 Å². The summed E-state index contributed by atoms with van der Waals surface area (Å²) in [6.45, 7) is 4.49. The molecule has 100 heavy (non-hydrogen) atoms. The first kappa shape index (κ1) is 95.2. The Morgan fingerprint density at radius 3 is 0.960 bits per heavy atom. The molecule has 3 N–H and O–H groups in total. The van der Waals surface area contributed by atoms with Gasteiger partial charge in [0, 0.05) is 19.3 Å². The molecule has 0 aromatic rings. The van der Waals surface area contributed by atoms with Crippen molar-refractivity contribution in [3.63, 3.8) is 0 Å². The number of carbonyl (C=O) groups is 4. The molecule has 0 aliphatic heterocycles. The summed E-state index contributed by atoms with van der Waals surface area (Å²) in [6.07, 6.45) is 80.4. The molecule has 572 valence electrons. The predicted molar refractivity (Wildman–Crippen MR) is 408 cm³/mol. The van der Waals surface area contributed by atoms with Crippen LogP contribution in [0.25, 0.3) is 0 Å². The van der Waals surface area contributed by atoms with Crippen molar-refractivity contribution in [1.29, 1.82) is 0 Å². The molecule has 0 heterocycles. The molecule has 0 aliphatic rings. The molecule has 5 unspecified atom stereocenters. The molecule has 0 aliphatic carbocycles. The quantitative estimate of drug-likeness (QED) is 0.0169. The first-order chi connectivity index (χ1) is 48.7. The molecule has 0 bridgehead atoms. The Labute approximate surface area is 605 Å². The van der Waals surface area contributed by atoms with E-state index in [0.717, 1.165) is 173 Å². The van der Waals surface area contributed by atoms with Crippen molar-refractivity contribution in [2.45, 2.75) is 316 Å². The molecule has 0 saturated carbocycles. The topological polar surface area (TPSA) is 237 Å². The zero-order valence-corrected chi connectivity index (χ0v) is 64.1. The van der Waals surface area contributed by atoms with Gasteiger partial charge in [0.2, 0.25) is 0 Å². The second-order valence-corrected chi connectivity index (χ2v) is 28.1. The minimum absolute atomic E-state index is 0.0623. The van der Waals surface area contributed by atoms with Crippen LogP contribution >= 0.6 is 15.6 Å². The van der Waals surface area contributed by atoms with Gasteiger partial charge in [0.25, 0.3) is 0 Å². The molecule has 19 heteroatoms. The first-order valence-corrected chi connectivity index (χ1v) is 41.4. The highest BCUT2D eigenvalue weighted by Crippen LogP contribution is 2.45. The van der Waals surface area contributed by atoms with E-state index in [4.69, 9.17) is 37.0 Å². The van der Waals surface area contributed by atoms with Crippen LogP contribution in [-0.4, -0.2) is 96.7 Å². The van der Waals surface area contributed by atoms with Crippen LogP contribution in [0.5, 0.6) is 0 Å². The van der Waals surface area contributed by atoms with E-state index in [-0.39, 0.29) is 25.7 Å². The number of ether oxygens (including phenoxy) is 4. The molecular weight excluding hydrogens is 1310 g/mol. The van der Waals surface area contributed by atoms with Crippen LogP contribution in [0.1, 0.15) is 297 Å². The van der Waals surface area contributed by atoms with Crippen molar-refractivity contribution in [1.82, 2.24) is 0 Å². The van der Waals surface area contributed by atoms with Crippen molar-refractivity contribution in [3.8, 4) is 0 Å². The van der Waals surface area contributed by atoms with Crippen LogP contribution < -0.4 is 0 Å². The maximum absolute atomic E-state index is 13.1. The van der Waals surface area contributed by atoms with E-state index in [2.05, 4.69) is 137 Å². The van der Waals surface area contributed by atoms with Crippen molar-refractivity contribution < 1.29 is 80.2 Å². The molecule has 0 amide bonds. The lowest BCUT2D eigenvalue weighted by Crippen LogP contribution is -2.30. The van der Waals surface area contributed by atoms with E-state index in [1.165, 1.54) is 44.9 Å². The summed E-state index contributed by atoms with van der Waals surface area (Å²) >= 11 is 0. The van der Waals surface area contributed by atoms with Gasteiger partial charge in [-0.1, -0.05) is 264 Å². The second kappa shape index (κ2) is 72.5. The lowest BCUT2D eigenvalue weighted by Gasteiger charge is -2.21. The van der Waals surface area contributed by atoms with Gasteiger partial charge in [-0.15, -0.1) is 0 Å². The molecule has 0 radical (unpaired) electrons. The van der Waals surface area contributed by atoms with E-state index >= 15 is 0 Å². The van der Waals surface area contributed by atoms with Gasteiger partial charge in [-0.3, -0.25) is 37.3 Å². The average molecular weight is 1440 g/mol. The van der Waals surface area contributed by atoms with Crippen LogP contribution in [0.4, 0.5) is 0 Å². The summed E-state index contributed by atoms with van der Waals surface area (Å²) in [5.74, 6) is -2.36. The molecule has 0 spiro atoms. The molecular formula is C81H136O17P2. The van der Waals surface area contributed by atoms with Gasteiger partial charge in [-0.05, 0) is 141 Å². The highest BCUT2D eigenvalue weighted by Gasteiger charge is 2.30. The van der Waals surface area contributed by atoms with Crippen molar-refractivity contribution in [3.05, 3.63) is 134 Å². The third-order valence-electron chi connectivity index (χ3n) is 15.6. The summed E-state index contributed by atoms with van der Waals surface area (Å²) < 4.78 is 68.3. The van der Waals surface area contributed by atoms with Crippen molar-refractivity contribution >= 4 is 39.5 Å². The number of phosphoric ester groups is 2. The van der Waals surface area contributed by atoms with Crippen LogP contribution in [0.15, 0.2) is 134 Å². The number of carbonyl (C=O) groups excluding carboxylic acids is 4. The van der Waals surface area contributed by atoms with Crippen LogP contribution in [0.2, 0.25) is 0 Å². The second-order valence-electron chi connectivity index (χ2n) is 25.2. The fourth-order valence-electron chi connectivity index (χ4n) is 9.74. The van der Waals surface area contributed by atoms with E-state index in [9.17, 15) is 43.2 Å². The number of hydrogen-bond donors (Lipinski definition) is 3. The number of aliphatic hydroxyl groups excluding tert-OH is 1. The smallest absolute Gasteiger partial charge is 0.462 e. The molecule has 0 saturated heterocycles. The number of aliphatic hydroxyl groups is 1. The van der Waals surface area contributed by atoms with Gasteiger partial charge < -0.3 is 33.8 Å². The van der Waals surface area contributed by atoms with Gasteiger partial charge in [0.15, 0.2) is 12.2 Å². The monoisotopic (exact) mass is 1440 g/mol. The third-order valence-corrected chi connectivity index (χ3v) is 17.5. The Morgan fingerprint density at radius 1 is 0.300 bits per heavy atom. The van der Waals surface area contributed by atoms with Crippen LogP contribution in [0.3, 0.4) is 0 Å². The number of allylic oxidation sites excluding steroid dienone is 21. The van der Waals surface area contributed by atoms with Crippen LogP contribution in [0, 0.1) is 0 Å². The number of unbranched alkanes of at least 4 members (excludes halogenated alkanes) is 24. The van der Waals surface area contributed by atoms with Crippen LogP contribution in [-0.2, 0) is 65.4 Å². The molecule has 17 nitrogen and oxygen atoms in total. The van der Waals surface area contributed by atoms with Gasteiger partial charge in [-0.25, -0.2) is 9.13 Å². The average Bonchev–Trinajstić information content (AvgIpc) is 0.936. The number of phosphoric acid groups is 2. The van der Waals surface area contributed by atoms with Crippen molar-refractivity contribution in [2.24, 2.45) is 0 Å². The van der Waals surface area contributed by atoms with Gasteiger partial charge in [-0.2, -0.15) is 0 Å². The fraction of sp³-hybridized carbons (Fsp3) is 0.679. The Morgan fingerprint density at radius 2 is 0.580 bits per heavy atom. The third kappa shape index (κ3) is 71.6. The molecule has 5 atom stereocenters. The summed E-state index contributed by atoms with van der Waals surface area (Å²) in [7, 11) is -9.99. The summed E-state index contributed by atoms with van der Waals surface area (Å²) in [6, 6.07) is 0. The zero-order chi connectivity index (χ0) is 73.2. The normalized spacial score (nSPS) is 14.7. The lowest BCUT2D eigenvalue weighted by atomic mass is 10.1. The Balaban J connectivity index is 5.41. The summed E-state index contributed by atoms with van der Waals surface area (Å²) in [4.78, 5) is 72.8. The number of hydrogen-bond acceptors (Lipinski definition) is 15. The number of rotatable bonds is 71. The fourth-order valence-corrected chi connectivity index (χ4v) is 11.3. The molecule has 0 fully saturated rings. The van der Waals surface area contributed by atoms with E-state index < -0.39 is 97.5 Å². The summed E-state index contributed by atoms with van der Waals surface area (Å²) in [5.41, 5.74) is 0. The largest absolute Gasteiger partial charge is 0.472 e. The SMILES string of the molecule is CC/C=C\C/C=C\C/C=C\C/C=C\C/C=C\CC(=O)OCC(COP(=O)(O)OCC(O)COP(=O)(O)OCC(COC(=O)CCCCCCCC/C=C\C/C=C\C/C=C\CCCCC)OC(=O)CCCCCCC/C=C\C/C=C\CCC)OC(=O)CCCCCCC/C=C\CCCCCC.